The number of rotatable bonds is 2. The van der Waals surface area contributed by atoms with Gasteiger partial charge in [-0.15, -0.1) is 0 Å². The molecule has 0 fully saturated rings. The van der Waals surface area contributed by atoms with E-state index >= 15 is 0 Å². The Kier molecular flexibility index (Phi) is 2.42. The topological polar surface area (TPSA) is 48.0 Å². The second-order valence-electron chi connectivity index (χ2n) is 4.08. The summed E-state index contributed by atoms with van der Waals surface area (Å²) >= 11 is 0. The van der Waals surface area contributed by atoms with E-state index < -0.39 is 0 Å². The standard InChI is InChI=1S/C11H16N2O/c1-13-5-3-9-6-8(2-4-12)7-10(14)11(9)13/h3,5,8H,2,4,6-7,12H2,1H3. The van der Waals surface area contributed by atoms with E-state index in [0.717, 1.165) is 18.5 Å². The van der Waals surface area contributed by atoms with E-state index in [4.69, 9.17) is 5.73 Å². The quantitative estimate of drug-likeness (QED) is 0.763. The molecule has 0 aliphatic heterocycles. The number of hydrogen-bond donors (Lipinski definition) is 1. The summed E-state index contributed by atoms with van der Waals surface area (Å²) in [5, 5.41) is 0. The van der Waals surface area contributed by atoms with E-state index in [2.05, 4.69) is 6.07 Å². The predicted molar refractivity (Wildman–Crippen MR) is 55.2 cm³/mol. The average Bonchev–Trinajstić information content (AvgIpc) is 2.48. The molecule has 2 N–H and O–H groups in total. The molecular weight excluding hydrogens is 176 g/mol. The monoisotopic (exact) mass is 192 g/mol. The fourth-order valence-electron chi connectivity index (χ4n) is 2.30. The molecule has 0 aromatic carbocycles. The third-order valence-corrected chi connectivity index (χ3v) is 2.98. The first-order valence-electron chi connectivity index (χ1n) is 5.10. The Labute approximate surface area is 83.9 Å². The molecule has 0 saturated carbocycles. The van der Waals surface area contributed by atoms with Gasteiger partial charge in [-0.3, -0.25) is 4.79 Å². The molecule has 3 nitrogen and oxygen atoms in total. The second kappa shape index (κ2) is 3.58. The van der Waals surface area contributed by atoms with Gasteiger partial charge in [0.1, 0.15) is 0 Å². The van der Waals surface area contributed by atoms with E-state index in [1.54, 1.807) is 0 Å². The molecule has 1 aromatic rings. The fourth-order valence-corrected chi connectivity index (χ4v) is 2.30. The molecule has 2 rings (SSSR count). The Morgan fingerprint density at radius 1 is 1.57 bits per heavy atom. The van der Waals surface area contributed by atoms with Crippen LogP contribution in [-0.2, 0) is 13.5 Å². The van der Waals surface area contributed by atoms with Crippen molar-refractivity contribution in [3.8, 4) is 0 Å². The number of aromatic nitrogens is 1. The molecule has 0 saturated heterocycles. The van der Waals surface area contributed by atoms with E-state index in [-0.39, 0.29) is 5.78 Å². The van der Waals surface area contributed by atoms with Gasteiger partial charge in [0.2, 0.25) is 0 Å². The molecule has 1 aliphatic carbocycles. The molecule has 0 radical (unpaired) electrons. The largest absolute Gasteiger partial charge is 0.348 e. The summed E-state index contributed by atoms with van der Waals surface area (Å²) in [6.07, 6.45) is 4.61. The maximum absolute atomic E-state index is 11.8. The number of fused-ring (bicyclic) bond motifs is 1. The average molecular weight is 192 g/mol. The highest BCUT2D eigenvalue weighted by Gasteiger charge is 2.26. The van der Waals surface area contributed by atoms with Crippen LogP contribution >= 0.6 is 0 Å². The molecule has 1 aromatic heterocycles. The van der Waals surface area contributed by atoms with Crippen LogP contribution in [0, 0.1) is 5.92 Å². The molecule has 3 heteroatoms. The van der Waals surface area contributed by atoms with Gasteiger partial charge in [-0.05, 0) is 36.9 Å². The van der Waals surface area contributed by atoms with Crippen molar-refractivity contribution in [3.63, 3.8) is 0 Å². The lowest BCUT2D eigenvalue weighted by atomic mass is 9.85. The summed E-state index contributed by atoms with van der Waals surface area (Å²) in [5.41, 5.74) is 7.61. The molecule has 76 valence electrons. The Morgan fingerprint density at radius 3 is 3.07 bits per heavy atom. The van der Waals surface area contributed by atoms with Gasteiger partial charge in [-0.1, -0.05) is 0 Å². The number of ketones is 1. The summed E-state index contributed by atoms with van der Waals surface area (Å²) in [6, 6.07) is 2.05. The summed E-state index contributed by atoms with van der Waals surface area (Å²) in [7, 11) is 1.93. The van der Waals surface area contributed by atoms with Crippen LogP contribution < -0.4 is 5.73 Å². The van der Waals surface area contributed by atoms with Crippen molar-refractivity contribution >= 4 is 5.78 Å². The number of nitrogens with zero attached hydrogens (tertiary/aromatic N) is 1. The predicted octanol–water partition coefficient (Wildman–Crippen LogP) is 1.12. The van der Waals surface area contributed by atoms with Gasteiger partial charge in [0.15, 0.2) is 5.78 Å². The third-order valence-electron chi connectivity index (χ3n) is 2.98. The Bertz CT molecular complexity index is 354. The second-order valence-corrected chi connectivity index (χ2v) is 4.08. The first-order chi connectivity index (χ1) is 6.72. The van der Waals surface area contributed by atoms with Gasteiger partial charge in [0, 0.05) is 19.7 Å². The summed E-state index contributed by atoms with van der Waals surface area (Å²) in [6.45, 7) is 0.681. The van der Waals surface area contributed by atoms with Crippen molar-refractivity contribution in [2.24, 2.45) is 18.7 Å². The van der Waals surface area contributed by atoms with Crippen LogP contribution in [0.5, 0.6) is 0 Å². The number of aryl methyl sites for hydroxylation is 1. The zero-order valence-corrected chi connectivity index (χ0v) is 8.49. The van der Waals surface area contributed by atoms with Crippen LogP contribution in [-0.4, -0.2) is 16.9 Å². The minimum Gasteiger partial charge on any atom is -0.348 e. The zero-order valence-electron chi connectivity index (χ0n) is 8.49. The first-order valence-corrected chi connectivity index (χ1v) is 5.10. The van der Waals surface area contributed by atoms with E-state index in [1.807, 2.05) is 17.8 Å². The molecule has 1 unspecified atom stereocenters. The molecule has 1 aliphatic rings. The lowest BCUT2D eigenvalue weighted by molar-refractivity contribution is 0.0938. The van der Waals surface area contributed by atoms with Gasteiger partial charge in [-0.2, -0.15) is 0 Å². The number of hydrogen-bond acceptors (Lipinski definition) is 2. The fraction of sp³-hybridized carbons (Fsp3) is 0.545. The lowest BCUT2D eigenvalue weighted by Crippen LogP contribution is -2.23. The van der Waals surface area contributed by atoms with Crippen molar-refractivity contribution in [1.82, 2.24) is 4.57 Å². The van der Waals surface area contributed by atoms with E-state index in [0.29, 0.717) is 18.9 Å². The molecule has 0 amide bonds. The van der Waals surface area contributed by atoms with Gasteiger partial charge in [-0.25, -0.2) is 0 Å². The molecular formula is C11H16N2O. The van der Waals surface area contributed by atoms with Gasteiger partial charge in [0.25, 0.3) is 0 Å². The highest BCUT2D eigenvalue weighted by atomic mass is 16.1. The molecule has 0 bridgehead atoms. The third kappa shape index (κ3) is 1.48. The normalized spacial score (nSPS) is 21.0. The Hall–Kier alpha value is -1.09. The minimum atomic E-state index is 0.275. The van der Waals surface area contributed by atoms with Crippen molar-refractivity contribution < 1.29 is 4.79 Å². The molecule has 0 spiro atoms. The van der Waals surface area contributed by atoms with Crippen LogP contribution in [0.3, 0.4) is 0 Å². The molecule has 1 atom stereocenters. The Morgan fingerprint density at radius 2 is 2.36 bits per heavy atom. The first kappa shape index (κ1) is 9.46. The number of carbonyl (C=O) groups is 1. The van der Waals surface area contributed by atoms with Gasteiger partial charge >= 0.3 is 0 Å². The van der Waals surface area contributed by atoms with Crippen molar-refractivity contribution in [3.05, 3.63) is 23.5 Å². The van der Waals surface area contributed by atoms with E-state index in [1.165, 1.54) is 5.56 Å². The van der Waals surface area contributed by atoms with Crippen LogP contribution in [0.15, 0.2) is 12.3 Å². The summed E-state index contributed by atoms with van der Waals surface area (Å²) in [4.78, 5) is 11.8. The van der Waals surface area contributed by atoms with Crippen molar-refractivity contribution in [2.45, 2.75) is 19.3 Å². The summed E-state index contributed by atoms with van der Waals surface area (Å²) in [5.74, 6) is 0.736. The molecule has 1 heterocycles. The smallest absolute Gasteiger partial charge is 0.179 e. The van der Waals surface area contributed by atoms with Crippen LogP contribution in [0.4, 0.5) is 0 Å². The highest BCUT2D eigenvalue weighted by molar-refractivity contribution is 5.97. The maximum atomic E-state index is 11.8. The van der Waals surface area contributed by atoms with Gasteiger partial charge < -0.3 is 10.3 Å². The van der Waals surface area contributed by atoms with E-state index in [9.17, 15) is 4.79 Å². The van der Waals surface area contributed by atoms with Crippen LogP contribution in [0.25, 0.3) is 0 Å². The highest BCUT2D eigenvalue weighted by Crippen LogP contribution is 2.27. The van der Waals surface area contributed by atoms with Gasteiger partial charge in [0.05, 0.1) is 5.69 Å². The minimum absolute atomic E-state index is 0.275. The zero-order chi connectivity index (χ0) is 10.1. The number of Topliss-reactive ketones (excluding diaryl/α,β-unsaturated/α-hetero) is 1. The Balaban J connectivity index is 2.26. The number of nitrogens with two attached hydrogens (primary N) is 1. The van der Waals surface area contributed by atoms with Crippen molar-refractivity contribution in [2.75, 3.05) is 6.54 Å². The SMILES string of the molecule is Cn1ccc2c1C(=O)CC(CCN)C2. The summed E-state index contributed by atoms with van der Waals surface area (Å²) < 4.78 is 1.93. The lowest BCUT2D eigenvalue weighted by Gasteiger charge is -2.21. The maximum Gasteiger partial charge on any atom is 0.179 e. The van der Waals surface area contributed by atoms with Crippen LogP contribution in [0.2, 0.25) is 0 Å². The number of carbonyl (C=O) groups excluding carboxylic acids is 1. The molecule has 14 heavy (non-hydrogen) atoms. The van der Waals surface area contributed by atoms with Crippen LogP contribution in [0.1, 0.15) is 28.9 Å². The van der Waals surface area contributed by atoms with Crippen molar-refractivity contribution in [1.29, 1.82) is 0 Å².